The fourth-order valence-corrected chi connectivity index (χ4v) is 0.911. The van der Waals surface area contributed by atoms with E-state index in [1.807, 2.05) is 6.92 Å². The van der Waals surface area contributed by atoms with Crippen molar-refractivity contribution in [2.24, 2.45) is 0 Å². The molecule has 0 amide bonds. The van der Waals surface area contributed by atoms with Crippen LogP contribution in [-0.2, 0) is 4.74 Å². The molecule has 70 valence electrons. The molecule has 1 N–H and O–H groups in total. The van der Waals surface area contributed by atoms with Crippen LogP contribution in [0.15, 0.2) is 24.3 Å². The average molecular weight is 180 g/mol. The van der Waals surface area contributed by atoms with Crippen molar-refractivity contribution in [3.63, 3.8) is 0 Å². The largest absolute Gasteiger partial charge is 0.508 e. The van der Waals surface area contributed by atoms with Crippen LogP contribution in [0, 0.1) is 0 Å². The molecular formula is C10H12O3. The number of rotatable bonds is 3. The zero-order chi connectivity index (χ0) is 9.68. The molecule has 0 aliphatic rings. The molecule has 0 heterocycles. The van der Waals surface area contributed by atoms with E-state index < -0.39 is 5.97 Å². The number of phenols is 1. The second-order valence-electron chi connectivity index (χ2n) is 2.69. The van der Waals surface area contributed by atoms with Crippen molar-refractivity contribution in [1.82, 2.24) is 0 Å². The van der Waals surface area contributed by atoms with Gasteiger partial charge in [-0.1, -0.05) is 13.0 Å². The van der Waals surface area contributed by atoms with Crippen molar-refractivity contribution >= 4 is 5.97 Å². The highest BCUT2D eigenvalue weighted by atomic mass is 16.5. The van der Waals surface area contributed by atoms with Crippen LogP contribution in [0.4, 0.5) is 0 Å². The van der Waals surface area contributed by atoms with Gasteiger partial charge >= 0.3 is 5.97 Å². The molecule has 0 fully saturated rings. The Morgan fingerprint density at radius 1 is 1.54 bits per heavy atom. The van der Waals surface area contributed by atoms with Crippen molar-refractivity contribution < 1.29 is 14.6 Å². The van der Waals surface area contributed by atoms with E-state index in [1.165, 1.54) is 12.1 Å². The van der Waals surface area contributed by atoms with Crippen molar-refractivity contribution in [1.29, 1.82) is 0 Å². The van der Waals surface area contributed by atoms with Gasteiger partial charge in [-0.05, 0) is 24.6 Å². The average Bonchev–Trinajstić information content (AvgIpc) is 2.14. The van der Waals surface area contributed by atoms with Gasteiger partial charge in [0, 0.05) is 0 Å². The Hall–Kier alpha value is -1.51. The first-order chi connectivity index (χ1) is 6.24. The first kappa shape index (κ1) is 9.58. The minimum Gasteiger partial charge on any atom is -0.508 e. The summed E-state index contributed by atoms with van der Waals surface area (Å²) in [5.74, 6) is -0.316. The lowest BCUT2D eigenvalue weighted by molar-refractivity contribution is 0.0504. The standard InChI is InChI=1S/C10H12O3/c1-2-6-13-10(12)8-4-3-5-9(11)7-8/h3-5,7,11H,2,6H2,1H3. The lowest BCUT2D eigenvalue weighted by Gasteiger charge is -2.02. The molecule has 1 aromatic rings. The summed E-state index contributed by atoms with van der Waals surface area (Å²) in [5.41, 5.74) is 0.383. The van der Waals surface area contributed by atoms with Crippen molar-refractivity contribution in [3.05, 3.63) is 29.8 Å². The summed E-state index contributed by atoms with van der Waals surface area (Å²) in [4.78, 5) is 11.2. The topological polar surface area (TPSA) is 46.5 Å². The van der Waals surface area contributed by atoms with Gasteiger partial charge in [0.1, 0.15) is 5.75 Å². The van der Waals surface area contributed by atoms with Crippen LogP contribution in [0.2, 0.25) is 0 Å². The number of aromatic hydroxyl groups is 1. The summed E-state index contributed by atoms with van der Waals surface area (Å²) in [6, 6.07) is 6.12. The van der Waals surface area contributed by atoms with Gasteiger partial charge < -0.3 is 9.84 Å². The normalized spacial score (nSPS) is 9.62. The molecule has 0 aliphatic carbocycles. The molecule has 13 heavy (non-hydrogen) atoms. The maximum atomic E-state index is 11.2. The molecule has 0 aliphatic heterocycles. The highest BCUT2D eigenvalue weighted by Gasteiger charge is 2.05. The number of carbonyl (C=O) groups is 1. The molecule has 3 nitrogen and oxygen atoms in total. The summed E-state index contributed by atoms with van der Waals surface area (Å²) >= 11 is 0. The van der Waals surface area contributed by atoms with E-state index in [4.69, 9.17) is 9.84 Å². The third kappa shape index (κ3) is 2.78. The minimum absolute atomic E-state index is 0.0750. The Balaban J connectivity index is 2.66. The fourth-order valence-electron chi connectivity index (χ4n) is 0.911. The maximum absolute atomic E-state index is 11.2. The van der Waals surface area contributed by atoms with E-state index in [-0.39, 0.29) is 5.75 Å². The smallest absolute Gasteiger partial charge is 0.338 e. The Kier molecular flexibility index (Phi) is 3.31. The number of carbonyl (C=O) groups excluding carboxylic acids is 1. The first-order valence-corrected chi connectivity index (χ1v) is 4.20. The molecule has 0 saturated heterocycles. The first-order valence-electron chi connectivity index (χ1n) is 4.20. The summed E-state index contributed by atoms with van der Waals surface area (Å²) < 4.78 is 4.88. The third-order valence-electron chi connectivity index (χ3n) is 1.52. The molecular weight excluding hydrogens is 168 g/mol. The summed E-state index contributed by atoms with van der Waals surface area (Å²) in [7, 11) is 0. The van der Waals surface area contributed by atoms with Crippen LogP contribution < -0.4 is 0 Å². The second kappa shape index (κ2) is 4.50. The van der Waals surface area contributed by atoms with E-state index in [0.29, 0.717) is 12.2 Å². The molecule has 0 saturated carbocycles. The van der Waals surface area contributed by atoms with Crippen molar-refractivity contribution in [3.8, 4) is 5.75 Å². The van der Waals surface area contributed by atoms with Crippen molar-refractivity contribution in [2.75, 3.05) is 6.61 Å². The van der Waals surface area contributed by atoms with Crippen LogP contribution >= 0.6 is 0 Å². The van der Waals surface area contributed by atoms with Crippen LogP contribution in [0.25, 0.3) is 0 Å². The second-order valence-corrected chi connectivity index (χ2v) is 2.69. The Morgan fingerprint density at radius 2 is 2.31 bits per heavy atom. The van der Waals surface area contributed by atoms with Gasteiger partial charge in [0.25, 0.3) is 0 Å². The lowest BCUT2D eigenvalue weighted by Crippen LogP contribution is -2.05. The predicted molar refractivity (Wildman–Crippen MR) is 48.7 cm³/mol. The van der Waals surface area contributed by atoms with E-state index in [2.05, 4.69) is 0 Å². The van der Waals surface area contributed by atoms with Gasteiger partial charge in [-0.3, -0.25) is 0 Å². The zero-order valence-electron chi connectivity index (χ0n) is 7.49. The Bertz CT molecular complexity index is 294. The number of hydrogen-bond donors (Lipinski definition) is 1. The van der Waals surface area contributed by atoms with Gasteiger partial charge in [0.15, 0.2) is 0 Å². The zero-order valence-corrected chi connectivity index (χ0v) is 7.49. The van der Waals surface area contributed by atoms with Gasteiger partial charge in [-0.25, -0.2) is 4.79 Å². The Morgan fingerprint density at radius 3 is 2.92 bits per heavy atom. The highest BCUT2D eigenvalue weighted by molar-refractivity contribution is 5.89. The minimum atomic E-state index is -0.391. The number of esters is 1. The lowest BCUT2D eigenvalue weighted by atomic mass is 10.2. The van der Waals surface area contributed by atoms with E-state index in [1.54, 1.807) is 12.1 Å². The van der Waals surface area contributed by atoms with Crippen LogP contribution in [0.3, 0.4) is 0 Å². The molecule has 0 bridgehead atoms. The highest BCUT2D eigenvalue weighted by Crippen LogP contribution is 2.11. The van der Waals surface area contributed by atoms with Gasteiger partial charge in [0.2, 0.25) is 0 Å². The number of ether oxygens (including phenoxy) is 1. The van der Waals surface area contributed by atoms with E-state index in [9.17, 15) is 4.79 Å². The van der Waals surface area contributed by atoms with Gasteiger partial charge in [-0.2, -0.15) is 0 Å². The summed E-state index contributed by atoms with van der Waals surface area (Å²) in [5, 5.41) is 9.08. The van der Waals surface area contributed by atoms with Crippen molar-refractivity contribution in [2.45, 2.75) is 13.3 Å². The Labute approximate surface area is 77.0 Å². The molecule has 0 radical (unpaired) electrons. The van der Waals surface area contributed by atoms with E-state index in [0.717, 1.165) is 6.42 Å². The summed E-state index contributed by atoms with van der Waals surface area (Å²) in [6.07, 6.45) is 0.796. The predicted octanol–water partition coefficient (Wildman–Crippen LogP) is 1.96. The number of benzene rings is 1. The molecule has 0 spiro atoms. The van der Waals surface area contributed by atoms with Crippen LogP contribution in [0.1, 0.15) is 23.7 Å². The molecule has 3 heteroatoms. The monoisotopic (exact) mass is 180 g/mol. The quantitative estimate of drug-likeness (QED) is 0.723. The molecule has 1 aromatic carbocycles. The molecule has 0 unspecified atom stereocenters. The third-order valence-corrected chi connectivity index (χ3v) is 1.52. The maximum Gasteiger partial charge on any atom is 0.338 e. The van der Waals surface area contributed by atoms with E-state index >= 15 is 0 Å². The molecule has 1 rings (SSSR count). The SMILES string of the molecule is CCCOC(=O)c1cccc(O)c1. The molecule has 0 atom stereocenters. The number of hydrogen-bond acceptors (Lipinski definition) is 3. The van der Waals surface area contributed by atoms with Gasteiger partial charge in [0.05, 0.1) is 12.2 Å². The molecule has 0 aromatic heterocycles. The van der Waals surface area contributed by atoms with Crippen LogP contribution in [-0.4, -0.2) is 17.7 Å². The van der Waals surface area contributed by atoms with Gasteiger partial charge in [-0.15, -0.1) is 0 Å². The number of phenolic OH excluding ortho intramolecular Hbond substituents is 1. The summed E-state index contributed by atoms with van der Waals surface area (Å²) in [6.45, 7) is 2.34. The van der Waals surface area contributed by atoms with Crippen LogP contribution in [0.5, 0.6) is 5.75 Å². The fraction of sp³-hybridized carbons (Fsp3) is 0.300.